The van der Waals surface area contributed by atoms with Gasteiger partial charge in [-0.05, 0) is 43.4 Å². The molecular weight excluding hydrogens is 368 g/mol. The van der Waals surface area contributed by atoms with Crippen LogP contribution in [0.25, 0.3) is 0 Å². The first kappa shape index (κ1) is 19.8. The summed E-state index contributed by atoms with van der Waals surface area (Å²) >= 11 is 0. The minimum Gasteiger partial charge on any atom is -0.493 e. The van der Waals surface area contributed by atoms with Crippen LogP contribution in [0.2, 0.25) is 0 Å². The number of hydrogen-bond donors (Lipinski definition) is 2. The van der Waals surface area contributed by atoms with E-state index in [1.165, 1.54) is 0 Å². The van der Waals surface area contributed by atoms with Crippen LogP contribution in [-0.4, -0.2) is 44.0 Å². The number of hydrogen-bond acceptors (Lipinski definition) is 4. The first-order chi connectivity index (χ1) is 13.3. The fourth-order valence-corrected chi connectivity index (χ4v) is 3.05. The molecule has 148 valence electrons. The number of nitrogens with zero attached hydrogens (tertiary/aromatic N) is 1. The van der Waals surface area contributed by atoms with Crippen molar-refractivity contribution in [3.63, 3.8) is 0 Å². The number of fused-ring (bicyclic) bond motifs is 1. The van der Waals surface area contributed by atoms with Crippen LogP contribution in [-0.2, 0) is 16.0 Å². The molecule has 2 N–H and O–H groups in total. The van der Waals surface area contributed by atoms with Gasteiger partial charge in [-0.1, -0.05) is 12.1 Å². The third-order valence-corrected chi connectivity index (χ3v) is 4.56. The van der Waals surface area contributed by atoms with Crippen LogP contribution >= 0.6 is 0 Å². The standard InChI is InChI=1S/C20H21F2N3O3/c1-25(2)17(12-3-6-18-13(9-12)7-8-28-18)11-23-19(26)20(27)24-16-10-14(21)4-5-15(16)22/h3-6,9-10,17H,7-8,11H2,1-2H3,(H,23,26)(H,24,27). The molecule has 0 aliphatic carbocycles. The summed E-state index contributed by atoms with van der Waals surface area (Å²) < 4.78 is 32.3. The van der Waals surface area contributed by atoms with Crippen LogP contribution < -0.4 is 15.4 Å². The Balaban J connectivity index is 1.64. The topological polar surface area (TPSA) is 70.7 Å². The summed E-state index contributed by atoms with van der Waals surface area (Å²) in [6, 6.07) is 8.29. The summed E-state index contributed by atoms with van der Waals surface area (Å²) in [6.45, 7) is 0.823. The zero-order chi connectivity index (χ0) is 20.3. The molecule has 6 nitrogen and oxygen atoms in total. The second-order valence-electron chi connectivity index (χ2n) is 6.73. The van der Waals surface area contributed by atoms with Gasteiger partial charge in [-0.2, -0.15) is 0 Å². The maximum absolute atomic E-state index is 13.6. The highest BCUT2D eigenvalue weighted by Gasteiger charge is 2.22. The predicted molar refractivity (Wildman–Crippen MR) is 100 cm³/mol. The van der Waals surface area contributed by atoms with E-state index in [2.05, 4.69) is 10.6 Å². The van der Waals surface area contributed by atoms with Crippen LogP contribution in [0.4, 0.5) is 14.5 Å². The summed E-state index contributed by atoms with van der Waals surface area (Å²) in [6.07, 6.45) is 0.831. The van der Waals surface area contributed by atoms with Gasteiger partial charge in [-0.25, -0.2) is 8.78 Å². The fraction of sp³-hybridized carbons (Fsp3) is 0.300. The van der Waals surface area contributed by atoms with Crippen LogP contribution in [0.3, 0.4) is 0 Å². The third kappa shape index (κ3) is 4.45. The summed E-state index contributed by atoms with van der Waals surface area (Å²) in [5, 5.41) is 4.63. The molecule has 2 aromatic carbocycles. The molecule has 0 radical (unpaired) electrons. The van der Waals surface area contributed by atoms with Gasteiger partial charge in [0, 0.05) is 19.0 Å². The van der Waals surface area contributed by atoms with E-state index in [1.54, 1.807) is 0 Å². The van der Waals surface area contributed by atoms with E-state index in [0.29, 0.717) is 6.61 Å². The molecule has 1 aliphatic rings. The van der Waals surface area contributed by atoms with Crippen LogP contribution in [0.15, 0.2) is 36.4 Å². The lowest BCUT2D eigenvalue weighted by atomic mass is 10.0. The molecule has 0 bridgehead atoms. The van der Waals surface area contributed by atoms with E-state index in [-0.39, 0.29) is 18.3 Å². The molecule has 1 aliphatic heterocycles. The molecule has 3 rings (SSSR count). The normalized spacial score (nSPS) is 13.6. The number of rotatable bonds is 5. The third-order valence-electron chi connectivity index (χ3n) is 4.56. The van der Waals surface area contributed by atoms with E-state index in [1.807, 2.05) is 37.2 Å². The molecule has 2 aromatic rings. The lowest BCUT2D eigenvalue weighted by molar-refractivity contribution is -0.136. The molecule has 28 heavy (non-hydrogen) atoms. The monoisotopic (exact) mass is 389 g/mol. The maximum Gasteiger partial charge on any atom is 0.313 e. The first-order valence-corrected chi connectivity index (χ1v) is 8.81. The largest absolute Gasteiger partial charge is 0.493 e. The SMILES string of the molecule is CN(C)C(CNC(=O)C(=O)Nc1cc(F)ccc1F)c1ccc2c(c1)CCO2. The fourth-order valence-electron chi connectivity index (χ4n) is 3.05. The number of nitrogens with one attached hydrogen (secondary N) is 2. The van der Waals surface area contributed by atoms with Crippen molar-refractivity contribution in [2.24, 2.45) is 0 Å². The van der Waals surface area contributed by atoms with Crippen molar-refractivity contribution in [2.45, 2.75) is 12.5 Å². The predicted octanol–water partition coefficient (Wildman–Crippen LogP) is 2.26. The average molecular weight is 389 g/mol. The van der Waals surface area contributed by atoms with Crippen molar-refractivity contribution in [3.8, 4) is 5.75 Å². The van der Waals surface area contributed by atoms with E-state index < -0.39 is 23.4 Å². The van der Waals surface area contributed by atoms with E-state index in [9.17, 15) is 18.4 Å². The molecule has 1 unspecified atom stereocenters. The number of anilines is 1. The van der Waals surface area contributed by atoms with Crippen LogP contribution in [0, 0.1) is 11.6 Å². The first-order valence-electron chi connectivity index (χ1n) is 8.81. The van der Waals surface area contributed by atoms with Crippen molar-refractivity contribution in [1.82, 2.24) is 10.2 Å². The second kappa shape index (κ2) is 8.35. The molecule has 1 heterocycles. The highest BCUT2D eigenvalue weighted by molar-refractivity contribution is 6.39. The van der Waals surface area contributed by atoms with Crippen LogP contribution in [0.5, 0.6) is 5.75 Å². The van der Waals surface area contributed by atoms with Gasteiger partial charge in [0.1, 0.15) is 17.4 Å². The number of carbonyl (C=O) groups is 2. The van der Waals surface area contributed by atoms with Gasteiger partial charge < -0.3 is 20.3 Å². The Morgan fingerprint density at radius 1 is 1.14 bits per heavy atom. The van der Waals surface area contributed by atoms with Gasteiger partial charge in [0.2, 0.25) is 0 Å². The lowest BCUT2D eigenvalue weighted by Crippen LogP contribution is -2.40. The van der Waals surface area contributed by atoms with Gasteiger partial charge in [-0.3, -0.25) is 9.59 Å². The second-order valence-corrected chi connectivity index (χ2v) is 6.73. The quantitative estimate of drug-likeness (QED) is 0.770. The van der Waals surface area contributed by atoms with Crippen molar-refractivity contribution < 1.29 is 23.1 Å². The van der Waals surface area contributed by atoms with Gasteiger partial charge in [0.15, 0.2) is 0 Å². The van der Waals surface area contributed by atoms with Crippen molar-refractivity contribution >= 4 is 17.5 Å². The molecule has 8 heteroatoms. The molecule has 2 amide bonds. The van der Waals surface area contributed by atoms with Gasteiger partial charge in [-0.15, -0.1) is 0 Å². The minimum atomic E-state index is -1.07. The average Bonchev–Trinajstić information content (AvgIpc) is 3.12. The number of amides is 2. The zero-order valence-corrected chi connectivity index (χ0v) is 15.6. The van der Waals surface area contributed by atoms with E-state index >= 15 is 0 Å². The summed E-state index contributed by atoms with van der Waals surface area (Å²) in [7, 11) is 3.73. The molecule has 0 spiro atoms. The Kier molecular flexibility index (Phi) is 5.89. The summed E-state index contributed by atoms with van der Waals surface area (Å²) in [5.74, 6) is -2.68. The van der Waals surface area contributed by atoms with Crippen molar-refractivity contribution in [3.05, 3.63) is 59.2 Å². The van der Waals surface area contributed by atoms with E-state index in [0.717, 1.165) is 41.5 Å². The van der Waals surface area contributed by atoms with Gasteiger partial charge in [0.05, 0.1) is 18.3 Å². The van der Waals surface area contributed by atoms with Crippen LogP contribution in [0.1, 0.15) is 17.2 Å². The highest BCUT2D eigenvalue weighted by atomic mass is 19.1. The van der Waals surface area contributed by atoms with E-state index in [4.69, 9.17) is 4.74 Å². The van der Waals surface area contributed by atoms with Gasteiger partial charge >= 0.3 is 11.8 Å². The van der Waals surface area contributed by atoms with Crippen molar-refractivity contribution in [2.75, 3.05) is 32.6 Å². The smallest absolute Gasteiger partial charge is 0.313 e. The number of halogens is 2. The molecule has 0 aromatic heterocycles. The highest BCUT2D eigenvalue weighted by Crippen LogP contribution is 2.29. The Morgan fingerprint density at radius 3 is 2.68 bits per heavy atom. The molecule has 0 fully saturated rings. The molecular formula is C20H21F2N3O3. The van der Waals surface area contributed by atoms with Gasteiger partial charge in [0.25, 0.3) is 0 Å². The molecule has 1 atom stereocenters. The molecule has 0 saturated heterocycles. The zero-order valence-electron chi connectivity index (χ0n) is 15.6. The number of benzene rings is 2. The summed E-state index contributed by atoms with van der Waals surface area (Å²) in [4.78, 5) is 26.0. The Bertz CT molecular complexity index is 902. The van der Waals surface area contributed by atoms with Crippen molar-refractivity contribution in [1.29, 1.82) is 0 Å². The Hall–Kier alpha value is -3.00. The molecule has 0 saturated carbocycles. The minimum absolute atomic E-state index is 0.171. The Morgan fingerprint density at radius 2 is 1.93 bits per heavy atom. The number of ether oxygens (including phenoxy) is 1. The summed E-state index contributed by atoms with van der Waals surface area (Å²) in [5.41, 5.74) is 1.70. The Labute approximate surface area is 161 Å². The maximum atomic E-state index is 13.6. The number of carbonyl (C=O) groups excluding carboxylic acids is 2. The number of likely N-dealkylation sites (N-methyl/N-ethyl adjacent to an activating group) is 1. The lowest BCUT2D eigenvalue weighted by Gasteiger charge is -2.25.